The number of anilines is 1. The second-order valence-electron chi connectivity index (χ2n) is 12.5. The first-order valence-corrected chi connectivity index (χ1v) is 15.7. The Balaban J connectivity index is 1.56. The highest BCUT2D eigenvalue weighted by Crippen LogP contribution is 2.28. The molecule has 1 aromatic rings. The zero-order valence-corrected chi connectivity index (χ0v) is 26.4. The number of esters is 1. The molecule has 10 nitrogen and oxygen atoms in total. The molecule has 4 rings (SSSR count). The van der Waals surface area contributed by atoms with Crippen molar-refractivity contribution in [1.29, 1.82) is 0 Å². The van der Waals surface area contributed by atoms with Gasteiger partial charge in [0.1, 0.15) is 18.0 Å². The maximum Gasteiger partial charge on any atom is 0.410 e. The largest absolute Gasteiger partial charge is 0.457 e. The van der Waals surface area contributed by atoms with Crippen LogP contribution in [0.25, 0.3) is 6.08 Å². The number of carbonyl (C=O) groups excluding carboxylic acids is 2. The zero-order valence-electron chi connectivity index (χ0n) is 26.4. The first-order chi connectivity index (χ1) is 21.0. The van der Waals surface area contributed by atoms with E-state index in [1.54, 1.807) is 11.0 Å². The summed E-state index contributed by atoms with van der Waals surface area (Å²) in [6.07, 6.45) is 3.58. The number of hydrogen-bond acceptors (Lipinski definition) is 9. The number of cyclic esters (lactones) is 1. The van der Waals surface area contributed by atoms with Crippen molar-refractivity contribution in [3.8, 4) is 0 Å². The zero-order chi connectivity index (χ0) is 31.8. The third kappa shape index (κ3) is 9.50. The van der Waals surface area contributed by atoms with Crippen molar-refractivity contribution < 1.29 is 38.4 Å². The number of piperazine rings is 1. The molecule has 0 unspecified atom stereocenters. The number of amides is 1. The summed E-state index contributed by atoms with van der Waals surface area (Å²) in [6.45, 7) is 9.86. The molecule has 3 aliphatic rings. The summed E-state index contributed by atoms with van der Waals surface area (Å²) in [5.41, 5.74) is 1.99. The van der Waals surface area contributed by atoms with E-state index >= 15 is 0 Å². The van der Waals surface area contributed by atoms with E-state index in [0.29, 0.717) is 62.5 Å². The van der Waals surface area contributed by atoms with Crippen LogP contribution in [0.5, 0.6) is 0 Å². The van der Waals surface area contributed by atoms with Crippen LogP contribution in [0.3, 0.4) is 0 Å². The van der Waals surface area contributed by atoms with Crippen molar-refractivity contribution in [2.75, 3.05) is 64.4 Å². The number of morpholine rings is 1. The summed E-state index contributed by atoms with van der Waals surface area (Å²) < 4.78 is 32.2. The van der Waals surface area contributed by atoms with Gasteiger partial charge in [0.25, 0.3) is 0 Å². The fourth-order valence-electron chi connectivity index (χ4n) is 5.90. The summed E-state index contributed by atoms with van der Waals surface area (Å²) >= 11 is 0. The van der Waals surface area contributed by atoms with Gasteiger partial charge < -0.3 is 39.1 Å². The molecule has 3 heterocycles. The first-order valence-electron chi connectivity index (χ1n) is 15.7. The molecule has 2 N–H and O–H groups in total. The van der Waals surface area contributed by atoms with Crippen LogP contribution >= 0.6 is 0 Å². The summed E-state index contributed by atoms with van der Waals surface area (Å²) in [4.78, 5) is 31.8. The molecule has 2 fully saturated rings. The fraction of sp³-hybridized carbons (Fsp3) is 0.636. The lowest BCUT2D eigenvalue weighted by Crippen LogP contribution is -2.48. The Labute approximate surface area is 260 Å². The molecule has 0 spiro atoms. The minimum absolute atomic E-state index is 0.0774. The van der Waals surface area contributed by atoms with Gasteiger partial charge >= 0.3 is 12.1 Å². The summed E-state index contributed by atoms with van der Waals surface area (Å²) in [5.74, 6) is -1.29. The highest BCUT2D eigenvalue weighted by atomic mass is 19.1. The second-order valence-corrected chi connectivity index (χ2v) is 12.5. The van der Waals surface area contributed by atoms with E-state index in [1.807, 2.05) is 50.9 Å². The molecular formula is C33H48FN3O7. The summed E-state index contributed by atoms with van der Waals surface area (Å²) in [6, 6.07) is 4.75. The van der Waals surface area contributed by atoms with E-state index < -0.39 is 30.1 Å². The maximum absolute atomic E-state index is 14.8. The molecule has 44 heavy (non-hydrogen) atoms. The third-order valence-corrected chi connectivity index (χ3v) is 8.71. The van der Waals surface area contributed by atoms with Crippen molar-refractivity contribution in [3.63, 3.8) is 0 Å². The molecule has 0 saturated carbocycles. The van der Waals surface area contributed by atoms with Gasteiger partial charge in [0.2, 0.25) is 0 Å². The molecule has 244 valence electrons. The van der Waals surface area contributed by atoms with Crippen molar-refractivity contribution in [3.05, 3.63) is 47.3 Å². The quantitative estimate of drug-likeness (QED) is 0.379. The van der Waals surface area contributed by atoms with E-state index in [4.69, 9.17) is 14.2 Å². The van der Waals surface area contributed by atoms with Gasteiger partial charge in [-0.1, -0.05) is 26.0 Å². The van der Waals surface area contributed by atoms with Gasteiger partial charge in [0.15, 0.2) is 0 Å². The minimum Gasteiger partial charge on any atom is -0.457 e. The van der Waals surface area contributed by atoms with Crippen LogP contribution < -0.4 is 4.90 Å². The number of rotatable bonds is 5. The maximum atomic E-state index is 14.8. The predicted octanol–water partition coefficient (Wildman–Crippen LogP) is 3.46. The molecule has 3 aliphatic heterocycles. The molecule has 0 aromatic heterocycles. The molecule has 0 radical (unpaired) electrons. The lowest BCUT2D eigenvalue weighted by molar-refractivity contribution is -0.151. The number of aliphatic hydroxyl groups excluding tert-OH is 2. The van der Waals surface area contributed by atoms with E-state index in [-0.39, 0.29) is 37.1 Å². The fourth-order valence-corrected chi connectivity index (χ4v) is 5.90. The van der Waals surface area contributed by atoms with Gasteiger partial charge in [-0.25, -0.2) is 9.18 Å². The van der Waals surface area contributed by atoms with Crippen molar-refractivity contribution in [1.82, 2.24) is 9.80 Å². The van der Waals surface area contributed by atoms with Crippen LogP contribution in [-0.4, -0.2) is 116 Å². The lowest BCUT2D eigenvalue weighted by Gasteiger charge is -2.34. The molecule has 11 heteroatoms. The molecule has 0 bridgehead atoms. The summed E-state index contributed by atoms with van der Waals surface area (Å²) in [7, 11) is 2.03. The number of halogens is 1. The average molecular weight is 618 g/mol. The summed E-state index contributed by atoms with van der Waals surface area (Å²) in [5, 5.41) is 20.1. The van der Waals surface area contributed by atoms with E-state index in [0.717, 1.165) is 13.1 Å². The number of ether oxygens (including phenoxy) is 3. The van der Waals surface area contributed by atoms with Gasteiger partial charge in [-0.2, -0.15) is 0 Å². The third-order valence-electron chi connectivity index (χ3n) is 8.71. The number of hydrogen-bond donors (Lipinski definition) is 2. The monoisotopic (exact) mass is 617 g/mol. The Kier molecular flexibility index (Phi) is 12.2. The van der Waals surface area contributed by atoms with Gasteiger partial charge in [-0.15, -0.1) is 0 Å². The molecule has 1 amide bonds. The normalized spacial score (nSPS) is 30.6. The topological polar surface area (TPSA) is 112 Å². The first kappa shape index (κ1) is 33.9. The average Bonchev–Trinajstić information content (AvgIpc) is 3.00. The van der Waals surface area contributed by atoms with E-state index in [2.05, 4.69) is 4.90 Å². The number of benzene rings is 1. The van der Waals surface area contributed by atoms with Crippen LogP contribution in [0.1, 0.15) is 45.6 Å². The molecule has 0 aliphatic carbocycles. The minimum atomic E-state index is -0.885. The SMILES string of the molecule is C/C(=C\c1cc(F)cc(N2CCO[C@H](CO)C2)c1)[C@H]1OC(=O)C[C@H](O)CC[C@H](C)[C@@H](OC(=O)N2CCN(C)CC2)/C=C/[C@@H]1C. The van der Waals surface area contributed by atoms with Crippen LogP contribution in [-0.2, 0) is 19.0 Å². The Morgan fingerprint density at radius 3 is 2.59 bits per heavy atom. The van der Waals surface area contributed by atoms with Gasteiger partial charge in [0.05, 0.1) is 31.8 Å². The number of aliphatic hydroxyl groups is 2. The molecule has 2 saturated heterocycles. The lowest BCUT2D eigenvalue weighted by atomic mass is 9.91. The van der Waals surface area contributed by atoms with Gasteiger partial charge in [0, 0.05) is 50.9 Å². The molecular weight excluding hydrogens is 569 g/mol. The van der Waals surface area contributed by atoms with Crippen LogP contribution in [0.15, 0.2) is 35.9 Å². The van der Waals surface area contributed by atoms with Crippen LogP contribution in [0, 0.1) is 17.7 Å². The Hall–Kier alpha value is -2.99. The van der Waals surface area contributed by atoms with Gasteiger partial charge in [-0.3, -0.25) is 4.79 Å². The number of likely N-dealkylation sites (N-methyl/N-ethyl adjacent to an activating group) is 1. The van der Waals surface area contributed by atoms with Crippen LogP contribution in [0.2, 0.25) is 0 Å². The molecule has 1 aromatic carbocycles. The highest BCUT2D eigenvalue weighted by molar-refractivity contribution is 5.71. The molecule has 6 atom stereocenters. The Morgan fingerprint density at radius 1 is 1.11 bits per heavy atom. The van der Waals surface area contributed by atoms with E-state index in [9.17, 15) is 24.2 Å². The number of nitrogens with zero attached hydrogens (tertiary/aromatic N) is 3. The number of carbonyl (C=O) groups is 2. The highest BCUT2D eigenvalue weighted by Gasteiger charge is 2.29. The van der Waals surface area contributed by atoms with Crippen LogP contribution in [0.4, 0.5) is 14.9 Å². The van der Waals surface area contributed by atoms with Crippen molar-refractivity contribution in [2.45, 2.75) is 64.4 Å². The Morgan fingerprint density at radius 2 is 1.86 bits per heavy atom. The predicted molar refractivity (Wildman–Crippen MR) is 166 cm³/mol. The second kappa shape index (κ2) is 15.8. The standard InChI is InChI=1S/C33H48FN3O7/c1-22-5-7-28(39)19-31(40)44-32(23(2)6-8-30(22)43-33(41)36-11-9-35(4)10-12-36)24(3)15-25-16-26(34)18-27(17-25)37-13-14-42-29(20-37)21-38/h6,8,15-18,22-23,28-30,32,38-39H,5,7,9-14,19-21H2,1-4H3/b8-6+,24-15+/t22-,23-,28+,29-,30-,32-/m0/s1. The Bertz CT molecular complexity index is 1190. The van der Waals surface area contributed by atoms with E-state index in [1.165, 1.54) is 12.1 Å². The van der Waals surface area contributed by atoms with Crippen molar-refractivity contribution in [2.24, 2.45) is 11.8 Å². The van der Waals surface area contributed by atoms with Crippen molar-refractivity contribution >= 4 is 23.8 Å². The smallest absolute Gasteiger partial charge is 0.410 e. The van der Waals surface area contributed by atoms with Gasteiger partial charge in [-0.05, 0) is 68.1 Å².